The lowest BCUT2D eigenvalue weighted by Crippen LogP contribution is -2.26. The van der Waals surface area contributed by atoms with E-state index < -0.39 is 0 Å². The monoisotopic (exact) mass is 291 g/mol. The van der Waals surface area contributed by atoms with Gasteiger partial charge in [0.1, 0.15) is 5.82 Å². The van der Waals surface area contributed by atoms with Crippen LogP contribution in [-0.2, 0) is 0 Å². The molecule has 2 rings (SSSR count). The second-order valence-corrected chi connectivity index (χ2v) is 6.92. The van der Waals surface area contributed by atoms with Crippen LogP contribution in [0.5, 0.6) is 0 Å². The lowest BCUT2D eigenvalue weighted by molar-refractivity contribution is 0.232. The summed E-state index contributed by atoms with van der Waals surface area (Å²) < 4.78 is 13.7. The Bertz CT molecular complexity index is 438. The summed E-state index contributed by atoms with van der Waals surface area (Å²) in [5, 5.41) is 0. The summed E-state index contributed by atoms with van der Waals surface area (Å²) in [7, 11) is 0. The summed E-state index contributed by atoms with van der Waals surface area (Å²) in [6.07, 6.45) is 9.13. The van der Waals surface area contributed by atoms with Crippen molar-refractivity contribution in [2.45, 2.75) is 71.8 Å². The first-order chi connectivity index (χ1) is 10.0. The van der Waals surface area contributed by atoms with Crippen molar-refractivity contribution < 1.29 is 4.39 Å². The Labute approximate surface area is 129 Å². The molecule has 1 fully saturated rings. The molecule has 0 amide bonds. The van der Waals surface area contributed by atoms with Crippen LogP contribution in [0.3, 0.4) is 0 Å². The van der Waals surface area contributed by atoms with Crippen LogP contribution in [0.2, 0.25) is 0 Å². The summed E-state index contributed by atoms with van der Waals surface area (Å²) in [5.74, 6) is 1.38. The predicted molar refractivity (Wildman–Crippen MR) is 87.8 cm³/mol. The van der Waals surface area contributed by atoms with Crippen molar-refractivity contribution in [1.29, 1.82) is 0 Å². The zero-order valence-corrected chi connectivity index (χ0v) is 13.8. The molecule has 21 heavy (non-hydrogen) atoms. The summed E-state index contributed by atoms with van der Waals surface area (Å²) in [6, 6.07) is 3.95. The minimum absolute atomic E-state index is 0.0649. The molecule has 1 aliphatic carbocycles. The van der Waals surface area contributed by atoms with Crippen LogP contribution >= 0.6 is 0 Å². The zero-order chi connectivity index (χ0) is 15.4. The Balaban J connectivity index is 1.97. The lowest BCUT2D eigenvalue weighted by Gasteiger charge is -2.32. The maximum absolute atomic E-state index is 13.7. The van der Waals surface area contributed by atoms with Gasteiger partial charge in [-0.3, -0.25) is 0 Å². The molecular formula is C19H30FN. The first-order valence-corrected chi connectivity index (χ1v) is 8.55. The number of benzene rings is 1. The highest BCUT2D eigenvalue weighted by Crippen LogP contribution is 2.38. The van der Waals surface area contributed by atoms with Gasteiger partial charge < -0.3 is 5.73 Å². The molecule has 2 heteroatoms. The van der Waals surface area contributed by atoms with Crippen LogP contribution in [0.25, 0.3) is 0 Å². The van der Waals surface area contributed by atoms with Crippen LogP contribution in [0.4, 0.5) is 4.39 Å². The quantitative estimate of drug-likeness (QED) is 0.768. The molecule has 0 aliphatic heterocycles. The van der Waals surface area contributed by atoms with Crippen molar-refractivity contribution >= 4 is 0 Å². The number of halogens is 1. The van der Waals surface area contributed by atoms with Gasteiger partial charge in [0.15, 0.2) is 0 Å². The van der Waals surface area contributed by atoms with Gasteiger partial charge in [-0.2, -0.15) is 0 Å². The number of rotatable bonds is 5. The van der Waals surface area contributed by atoms with E-state index in [-0.39, 0.29) is 11.9 Å². The Morgan fingerprint density at radius 2 is 1.71 bits per heavy atom. The SMILES string of the molecule is CCCCC1CCC(C(N)c2cc(C)c(F)c(C)c2)CC1. The third-order valence-electron chi connectivity index (χ3n) is 5.21. The standard InChI is InChI=1S/C19H30FN/c1-4-5-6-15-7-9-16(10-8-15)19(21)17-11-13(2)18(20)14(3)12-17/h11-12,15-16,19H,4-10,21H2,1-3H3. The van der Waals surface area contributed by atoms with Crippen LogP contribution in [0.1, 0.15) is 74.6 Å². The van der Waals surface area contributed by atoms with Gasteiger partial charge in [0.2, 0.25) is 0 Å². The molecule has 0 spiro atoms. The smallest absolute Gasteiger partial charge is 0.129 e. The third-order valence-corrected chi connectivity index (χ3v) is 5.21. The molecule has 0 bridgehead atoms. The van der Waals surface area contributed by atoms with Crippen molar-refractivity contribution in [2.75, 3.05) is 0 Å². The number of aryl methyl sites for hydroxylation is 2. The Morgan fingerprint density at radius 1 is 1.14 bits per heavy atom. The number of nitrogens with two attached hydrogens (primary N) is 1. The minimum Gasteiger partial charge on any atom is -0.324 e. The molecule has 1 aliphatic rings. The van der Waals surface area contributed by atoms with E-state index in [4.69, 9.17) is 5.73 Å². The second kappa shape index (κ2) is 7.40. The highest BCUT2D eigenvalue weighted by molar-refractivity contribution is 5.32. The first-order valence-electron chi connectivity index (χ1n) is 8.55. The fourth-order valence-electron chi connectivity index (χ4n) is 3.77. The number of hydrogen-bond acceptors (Lipinski definition) is 1. The number of unbranched alkanes of at least 4 members (excludes halogenated alkanes) is 1. The topological polar surface area (TPSA) is 26.0 Å². The molecule has 1 nitrogen and oxygen atoms in total. The predicted octanol–water partition coefficient (Wildman–Crippen LogP) is 5.44. The van der Waals surface area contributed by atoms with Crippen LogP contribution in [-0.4, -0.2) is 0 Å². The molecule has 0 radical (unpaired) electrons. The van der Waals surface area contributed by atoms with Gasteiger partial charge in [0, 0.05) is 6.04 Å². The average Bonchev–Trinajstić information content (AvgIpc) is 2.50. The van der Waals surface area contributed by atoms with E-state index in [1.54, 1.807) is 0 Å². The van der Waals surface area contributed by atoms with Crippen molar-refractivity contribution in [3.63, 3.8) is 0 Å². The molecule has 2 N–H and O–H groups in total. The molecule has 0 aromatic heterocycles. The molecule has 0 saturated heterocycles. The molecule has 1 atom stereocenters. The maximum atomic E-state index is 13.7. The van der Waals surface area contributed by atoms with Crippen molar-refractivity contribution in [2.24, 2.45) is 17.6 Å². The normalized spacial score (nSPS) is 24.0. The molecular weight excluding hydrogens is 261 g/mol. The van der Waals surface area contributed by atoms with Gasteiger partial charge >= 0.3 is 0 Å². The first kappa shape index (κ1) is 16.5. The zero-order valence-electron chi connectivity index (χ0n) is 13.8. The number of hydrogen-bond donors (Lipinski definition) is 1. The summed E-state index contributed by atoms with van der Waals surface area (Å²) in [6.45, 7) is 5.93. The molecule has 1 saturated carbocycles. The summed E-state index contributed by atoms with van der Waals surface area (Å²) in [5.41, 5.74) is 9.03. The molecule has 0 heterocycles. The highest BCUT2D eigenvalue weighted by Gasteiger charge is 2.26. The van der Waals surface area contributed by atoms with Gasteiger partial charge in [0.05, 0.1) is 0 Å². The fraction of sp³-hybridized carbons (Fsp3) is 0.684. The molecule has 1 aromatic rings. The second-order valence-electron chi connectivity index (χ2n) is 6.92. The molecule has 1 aromatic carbocycles. The van der Waals surface area contributed by atoms with Crippen molar-refractivity contribution in [3.8, 4) is 0 Å². The Morgan fingerprint density at radius 3 is 2.24 bits per heavy atom. The summed E-state index contributed by atoms with van der Waals surface area (Å²) >= 11 is 0. The van der Waals surface area contributed by atoms with Gasteiger partial charge in [-0.05, 0) is 55.2 Å². The van der Waals surface area contributed by atoms with E-state index >= 15 is 0 Å². The van der Waals surface area contributed by atoms with E-state index in [0.29, 0.717) is 5.92 Å². The van der Waals surface area contributed by atoms with Gasteiger partial charge in [0.25, 0.3) is 0 Å². The van der Waals surface area contributed by atoms with E-state index in [1.807, 2.05) is 26.0 Å². The van der Waals surface area contributed by atoms with Gasteiger partial charge in [-0.25, -0.2) is 4.39 Å². The molecule has 1 unspecified atom stereocenters. The van der Waals surface area contributed by atoms with E-state index in [2.05, 4.69) is 6.92 Å². The average molecular weight is 291 g/mol. The highest BCUT2D eigenvalue weighted by atomic mass is 19.1. The third kappa shape index (κ3) is 4.06. The van der Waals surface area contributed by atoms with E-state index in [1.165, 1.54) is 44.9 Å². The van der Waals surface area contributed by atoms with E-state index in [9.17, 15) is 4.39 Å². The van der Waals surface area contributed by atoms with Crippen molar-refractivity contribution in [3.05, 3.63) is 34.6 Å². The Hall–Kier alpha value is -0.890. The maximum Gasteiger partial charge on any atom is 0.129 e. The van der Waals surface area contributed by atoms with Crippen LogP contribution < -0.4 is 5.73 Å². The Kier molecular flexibility index (Phi) is 5.80. The van der Waals surface area contributed by atoms with Gasteiger partial charge in [-0.15, -0.1) is 0 Å². The lowest BCUT2D eigenvalue weighted by atomic mass is 9.75. The fourth-order valence-corrected chi connectivity index (χ4v) is 3.77. The largest absolute Gasteiger partial charge is 0.324 e. The van der Waals surface area contributed by atoms with Gasteiger partial charge in [-0.1, -0.05) is 51.2 Å². The van der Waals surface area contributed by atoms with Crippen LogP contribution in [0, 0.1) is 31.5 Å². The summed E-state index contributed by atoms with van der Waals surface area (Å²) in [4.78, 5) is 0. The van der Waals surface area contributed by atoms with Crippen LogP contribution in [0.15, 0.2) is 12.1 Å². The molecule has 118 valence electrons. The van der Waals surface area contributed by atoms with E-state index in [0.717, 1.165) is 22.6 Å². The minimum atomic E-state index is -0.0887. The van der Waals surface area contributed by atoms with Crippen molar-refractivity contribution in [1.82, 2.24) is 0 Å².